The number of H-pyrrole nitrogens is 1. The highest BCUT2D eigenvalue weighted by Crippen LogP contribution is 2.31. The first kappa shape index (κ1) is 13.3. The Morgan fingerprint density at radius 2 is 1.90 bits per heavy atom. The van der Waals surface area contributed by atoms with Gasteiger partial charge in [0.15, 0.2) is 5.82 Å². The van der Waals surface area contributed by atoms with Gasteiger partial charge in [-0.2, -0.15) is 0 Å². The second-order valence-electron chi connectivity index (χ2n) is 4.66. The normalized spacial score (nSPS) is 10.8. The van der Waals surface area contributed by atoms with E-state index in [2.05, 4.69) is 14.7 Å². The van der Waals surface area contributed by atoms with Crippen LogP contribution in [0.2, 0.25) is 0 Å². The van der Waals surface area contributed by atoms with Crippen molar-refractivity contribution in [1.29, 1.82) is 0 Å². The molecule has 0 saturated heterocycles. The molecule has 0 aliphatic rings. The van der Waals surface area contributed by atoms with E-state index in [0.29, 0.717) is 16.7 Å². The lowest BCUT2D eigenvalue weighted by molar-refractivity contribution is 0.388. The van der Waals surface area contributed by atoms with Crippen LogP contribution in [0.1, 0.15) is 12.5 Å². The molecular weight excluding hydrogens is 271 g/mol. The van der Waals surface area contributed by atoms with Crippen molar-refractivity contribution in [2.75, 3.05) is 0 Å². The first-order valence-corrected chi connectivity index (χ1v) is 6.63. The maximum absolute atomic E-state index is 14.3. The summed E-state index contributed by atoms with van der Waals surface area (Å²) in [7, 11) is 0. The van der Waals surface area contributed by atoms with Gasteiger partial charge >= 0.3 is 5.76 Å². The highest BCUT2D eigenvalue weighted by atomic mass is 19.1. The minimum atomic E-state index is -0.637. The summed E-state index contributed by atoms with van der Waals surface area (Å²) >= 11 is 0. The molecule has 0 aliphatic carbocycles. The van der Waals surface area contributed by atoms with Gasteiger partial charge in [0.1, 0.15) is 5.82 Å². The summed E-state index contributed by atoms with van der Waals surface area (Å²) in [5, 5.41) is 3.67. The molecule has 3 rings (SSSR count). The zero-order valence-corrected chi connectivity index (χ0v) is 11.4. The van der Waals surface area contributed by atoms with Gasteiger partial charge in [0.2, 0.25) is 0 Å². The predicted octanol–water partition coefficient (Wildman–Crippen LogP) is 3.40. The van der Waals surface area contributed by atoms with Crippen molar-refractivity contribution >= 4 is 0 Å². The molecule has 106 valence electrons. The molecule has 1 N–H and O–H groups in total. The van der Waals surface area contributed by atoms with E-state index in [4.69, 9.17) is 0 Å². The Morgan fingerprint density at radius 3 is 2.52 bits per heavy atom. The number of rotatable bonds is 3. The lowest BCUT2D eigenvalue weighted by Gasteiger charge is -2.09. The van der Waals surface area contributed by atoms with Crippen molar-refractivity contribution in [1.82, 2.24) is 10.1 Å². The van der Waals surface area contributed by atoms with Crippen LogP contribution in [0.15, 0.2) is 51.8 Å². The number of halogens is 1. The molecule has 21 heavy (non-hydrogen) atoms. The third kappa shape index (κ3) is 2.50. The van der Waals surface area contributed by atoms with Crippen LogP contribution in [0, 0.1) is 5.82 Å². The zero-order chi connectivity index (χ0) is 14.8. The van der Waals surface area contributed by atoms with Gasteiger partial charge in [-0.05, 0) is 23.6 Å². The third-order valence-electron chi connectivity index (χ3n) is 3.35. The summed E-state index contributed by atoms with van der Waals surface area (Å²) in [5.74, 6) is -0.649. The van der Waals surface area contributed by atoms with Crippen molar-refractivity contribution in [2.24, 2.45) is 0 Å². The number of aromatic nitrogens is 2. The summed E-state index contributed by atoms with van der Waals surface area (Å²) in [4.78, 5) is 13.6. The molecule has 1 aromatic heterocycles. The monoisotopic (exact) mass is 284 g/mol. The van der Waals surface area contributed by atoms with Gasteiger partial charge in [-0.25, -0.2) is 9.18 Å². The molecule has 0 saturated carbocycles. The molecule has 0 aliphatic heterocycles. The maximum atomic E-state index is 14.3. The molecule has 2 aromatic carbocycles. The zero-order valence-electron chi connectivity index (χ0n) is 11.4. The summed E-state index contributed by atoms with van der Waals surface area (Å²) < 4.78 is 18.8. The van der Waals surface area contributed by atoms with Crippen molar-refractivity contribution in [3.05, 3.63) is 64.4 Å². The van der Waals surface area contributed by atoms with Crippen molar-refractivity contribution < 1.29 is 8.91 Å². The number of hydrogen-bond acceptors (Lipinski definition) is 3. The minimum absolute atomic E-state index is 0.287. The van der Waals surface area contributed by atoms with Crippen molar-refractivity contribution in [3.63, 3.8) is 0 Å². The lowest BCUT2D eigenvalue weighted by Crippen LogP contribution is -1.96. The fraction of sp³-hybridized carbons (Fsp3) is 0.125. The highest BCUT2D eigenvalue weighted by Gasteiger charge is 2.14. The number of aromatic amines is 1. The second kappa shape index (κ2) is 5.36. The van der Waals surface area contributed by atoms with Crippen LogP contribution in [0.4, 0.5) is 4.39 Å². The fourth-order valence-corrected chi connectivity index (χ4v) is 2.27. The van der Waals surface area contributed by atoms with E-state index in [-0.39, 0.29) is 11.6 Å². The lowest BCUT2D eigenvalue weighted by atomic mass is 9.97. The number of benzene rings is 2. The average Bonchev–Trinajstić information content (AvgIpc) is 2.93. The predicted molar refractivity (Wildman–Crippen MR) is 77.3 cm³/mol. The molecule has 1 heterocycles. The summed E-state index contributed by atoms with van der Waals surface area (Å²) in [5.41, 5.74) is 2.67. The molecule has 0 atom stereocenters. The minimum Gasteiger partial charge on any atom is -0.296 e. The molecule has 0 fully saturated rings. The van der Waals surface area contributed by atoms with E-state index in [1.165, 1.54) is 6.07 Å². The van der Waals surface area contributed by atoms with E-state index in [1.54, 1.807) is 24.3 Å². The van der Waals surface area contributed by atoms with Gasteiger partial charge in [0.25, 0.3) is 0 Å². The molecule has 0 unspecified atom stereocenters. The average molecular weight is 284 g/mol. The fourth-order valence-electron chi connectivity index (χ4n) is 2.27. The van der Waals surface area contributed by atoms with E-state index in [1.807, 2.05) is 19.1 Å². The molecule has 0 radical (unpaired) electrons. The van der Waals surface area contributed by atoms with Crippen LogP contribution in [0.5, 0.6) is 0 Å². The van der Waals surface area contributed by atoms with E-state index < -0.39 is 5.76 Å². The molecule has 3 aromatic rings. The molecule has 0 amide bonds. The van der Waals surface area contributed by atoms with Gasteiger partial charge in [-0.15, -0.1) is 0 Å². The Hall–Kier alpha value is -2.69. The van der Waals surface area contributed by atoms with E-state index >= 15 is 0 Å². The van der Waals surface area contributed by atoms with Gasteiger partial charge in [-0.3, -0.25) is 9.51 Å². The Bertz CT molecular complexity index is 836. The first-order chi connectivity index (χ1) is 10.2. The molecule has 0 spiro atoms. The Kier molecular flexibility index (Phi) is 3.39. The topological polar surface area (TPSA) is 58.9 Å². The number of nitrogens with zero attached hydrogens (tertiary/aromatic N) is 1. The smallest absolute Gasteiger partial charge is 0.296 e. The Labute approximate surface area is 120 Å². The van der Waals surface area contributed by atoms with Gasteiger partial charge in [0, 0.05) is 11.1 Å². The van der Waals surface area contributed by atoms with E-state index in [0.717, 1.165) is 12.0 Å². The standard InChI is InChI=1S/C16H13FN2O2/c1-2-10-7-8-12(14(17)9-10)11-5-3-4-6-13(11)15-18-16(20)21-19-15/h3-9H,2H2,1H3,(H,18,19,20). The van der Waals surface area contributed by atoms with E-state index in [9.17, 15) is 9.18 Å². The number of nitrogens with one attached hydrogen (secondary N) is 1. The summed E-state index contributed by atoms with van der Waals surface area (Å²) in [6.07, 6.45) is 0.773. The second-order valence-corrected chi connectivity index (χ2v) is 4.66. The van der Waals surface area contributed by atoms with Crippen molar-refractivity contribution in [2.45, 2.75) is 13.3 Å². The Balaban J connectivity index is 2.17. The first-order valence-electron chi connectivity index (χ1n) is 6.63. The molecule has 4 nitrogen and oxygen atoms in total. The van der Waals surface area contributed by atoms with Crippen molar-refractivity contribution in [3.8, 4) is 22.5 Å². The van der Waals surface area contributed by atoms with Gasteiger partial charge in [0.05, 0.1) is 0 Å². The van der Waals surface area contributed by atoms with Crippen LogP contribution >= 0.6 is 0 Å². The van der Waals surface area contributed by atoms with Gasteiger partial charge < -0.3 is 0 Å². The molecular formula is C16H13FN2O2. The van der Waals surface area contributed by atoms with Crippen LogP contribution in [-0.2, 0) is 6.42 Å². The quantitative estimate of drug-likeness (QED) is 0.802. The number of aryl methyl sites for hydroxylation is 1. The highest BCUT2D eigenvalue weighted by molar-refractivity contribution is 5.80. The Morgan fingerprint density at radius 1 is 1.14 bits per heavy atom. The SMILES string of the molecule is CCc1ccc(-c2ccccc2-c2noc(=O)[nH]2)c(F)c1. The van der Waals surface area contributed by atoms with Crippen LogP contribution in [0.25, 0.3) is 22.5 Å². The summed E-state index contributed by atoms with van der Waals surface area (Å²) in [6.45, 7) is 1.97. The third-order valence-corrected chi connectivity index (χ3v) is 3.35. The summed E-state index contributed by atoms with van der Waals surface area (Å²) in [6, 6.07) is 12.3. The number of hydrogen-bond donors (Lipinski definition) is 1. The largest absolute Gasteiger partial charge is 0.439 e. The van der Waals surface area contributed by atoms with Crippen LogP contribution < -0.4 is 5.76 Å². The maximum Gasteiger partial charge on any atom is 0.439 e. The van der Waals surface area contributed by atoms with Crippen LogP contribution in [-0.4, -0.2) is 10.1 Å². The van der Waals surface area contributed by atoms with Gasteiger partial charge in [-0.1, -0.05) is 48.5 Å². The van der Waals surface area contributed by atoms with Crippen LogP contribution in [0.3, 0.4) is 0 Å². The molecule has 5 heteroatoms. The molecule has 0 bridgehead atoms.